The van der Waals surface area contributed by atoms with Crippen molar-refractivity contribution in [2.24, 2.45) is 7.05 Å². The van der Waals surface area contributed by atoms with Crippen LogP contribution in [0, 0.1) is 0 Å². The monoisotopic (exact) mass is 348 g/mol. The summed E-state index contributed by atoms with van der Waals surface area (Å²) in [5.41, 5.74) is 4.95. The first-order valence-electron chi connectivity index (χ1n) is 9.14. The van der Waals surface area contributed by atoms with Crippen LogP contribution in [-0.2, 0) is 33.2 Å². The van der Waals surface area contributed by atoms with Crippen molar-refractivity contribution >= 4 is 0 Å². The van der Waals surface area contributed by atoms with E-state index in [2.05, 4.69) is 86.3 Å². The normalized spacial score (nSPS) is 19.0. The van der Waals surface area contributed by atoms with Crippen LogP contribution in [0.1, 0.15) is 22.8 Å². The second-order valence-electron chi connectivity index (χ2n) is 7.36. The molecule has 0 N–H and O–H groups in total. The van der Waals surface area contributed by atoms with Crippen LogP contribution in [0.5, 0.6) is 0 Å². The molecule has 6 nitrogen and oxygen atoms in total. The molecule has 0 unspecified atom stereocenters. The number of hydrogen-bond acceptors (Lipinski definition) is 5. The van der Waals surface area contributed by atoms with Gasteiger partial charge in [0.25, 0.3) is 0 Å². The summed E-state index contributed by atoms with van der Waals surface area (Å²) in [4.78, 5) is 14.2. The van der Waals surface area contributed by atoms with E-state index in [0.717, 1.165) is 50.9 Å². The molecule has 0 radical (unpaired) electrons. The van der Waals surface area contributed by atoms with Crippen LogP contribution in [0.3, 0.4) is 0 Å². The summed E-state index contributed by atoms with van der Waals surface area (Å²) < 4.78 is 2.34. The Kier molecular flexibility index (Phi) is 3.62. The molecule has 134 valence electrons. The number of rotatable bonds is 0. The molecule has 8 bridgehead atoms. The second kappa shape index (κ2) is 6.12. The highest BCUT2D eigenvalue weighted by molar-refractivity contribution is 5.18. The van der Waals surface area contributed by atoms with Crippen molar-refractivity contribution in [1.29, 1.82) is 0 Å². The van der Waals surface area contributed by atoms with Crippen molar-refractivity contribution in [2.45, 2.75) is 26.2 Å². The van der Waals surface area contributed by atoms with E-state index in [1.807, 2.05) is 0 Å². The number of hydrogen-bond donors (Lipinski definition) is 0. The molecular formula is C20H24N6. The van der Waals surface area contributed by atoms with Gasteiger partial charge in [0.05, 0.1) is 50.9 Å². The average molecular weight is 348 g/mol. The lowest BCUT2D eigenvalue weighted by Crippen LogP contribution is -2.28. The van der Waals surface area contributed by atoms with Crippen molar-refractivity contribution in [3.05, 3.63) is 77.9 Å². The Labute approximate surface area is 154 Å². The van der Waals surface area contributed by atoms with Crippen LogP contribution in [0.15, 0.2) is 55.1 Å². The molecule has 0 spiro atoms. The zero-order valence-corrected chi connectivity index (χ0v) is 15.1. The van der Waals surface area contributed by atoms with Crippen molar-refractivity contribution in [3.8, 4) is 0 Å². The molecule has 0 saturated carbocycles. The van der Waals surface area contributed by atoms with Gasteiger partial charge in [-0.25, -0.2) is 0 Å². The van der Waals surface area contributed by atoms with Crippen molar-refractivity contribution < 1.29 is 0 Å². The fraction of sp³-hybridized carbons (Fsp3) is 0.350. The molecule has 26 heavy (non-hydrogen) atoms. The molecule has 5 heterocycles. The smallest absolute Gasteiger partial charge is 0.0901 e. The molecule has 0 aliphatic carbocycles. The third-order valence-corrected chi connectivity index (χ3v) is 5.36. The molecule has 0 saturated heterocycles. The zero-order chi connectivity index (χ0) is 17.5. The van der Waals surface area contributed by atoms with Gasteiger partial charge in [-0.15, -0.1) is 0 Å². The summed E-state index contributed by atoms with van der Waals surface area (Å²) in [5.74, 6) is 0. The SMILES string of the molecule is Cn1c2ccc1CN1C=CN(Cc3cccc(n3)CN3C=CN(C2)C3)C1. The average Bonchev–Trinajstić information content (AvgIpc) is 3.33. The largest absolute Gasteiger partial charge is 0.353 e. The number of nitrogens with zero attached hydrogens (tertiary/aromatic N) is 6. The molecule has 5 rings (SSSR count). The van der Waals surface area contributed by atoms with Crippen molar-refractivity contribution in [2.75, 3.05) is 13.3 Å². The lowest BCUT2D eigenvalue weighted by atomic mass is 10.3. The van der Waals surface area contributed by atoms with E-state index < -0.39 is 0 Å². The summed E-state index contributed by atoms with van der Waals surface area (Å²) >= 11 is 0. The van der Waals surface area contributed by atoms with Crippen LogP contribution in [0.4, 0.5) is 0 Å². The Morgan fingerprint density at radius 2 is 1.12 bits per heavy atom. The molecule has 3 aliphatic heterocycles. The Hall–Kier alpha value is -2.89. The molecule has 3 aliphatic rings. The van der Waals surface area contributed by atoms with Crippen LogP contribution in [0.25, 0.3) is 0 Å². The highest BCUT2D eigenvalue weighted by Crippen LogP contribution is 2.20. The first kappa shape index (κ1) is 15.4. The summed E-state index contributed by atoms with van der Waals surface area (Å²) in [6, 6.07) is 10.9. The van der Waals surface area contributed by atoms with Gasteiger partial charge in [0.2, 0.25) is 0 Å². The van der Waals surface area contributed by atoms with Crippen molar-refractivity contribution in [3.63, 3.8) is 0 Å². The third-order valence-electron chi connectivity index (χ3n) is 5.36. The van der Waals surface area contributed by atoms with E-state index in [1.165, 1.54) is 11.4 Å². The van der Waals surface area contributed by atoms with E-state index in [1.54, 1.807) is 0 Å². The number of fused-ring (bicyclic) bond motifs is 8. The standard InChI is InChI=1S/C20H24N6/c1-22-19-5-6-20(22)14-26-10-8-24(16-26)12-18-4-2-3-17(21-18)11-23-7-9-25(13-19)15-23/h2-10H,11-16H2,1H3. The maximum Gasteiger partial charge on any atom is 0.0901 e. The second-order valence-corrected chi connectivity index (χ2v) is 7.36. The number of aromatic nitrogens is 2. The highest BCUT2D eigenvalue weighted by atomic mass is 15.4. The first-order chi connectivity index (χ1) is 12.7. The fourth-order valence-electron chi connectivity index (χ4n) is 3.90. The third kappa shape index (κ3) is 2.92. The maximum atomic E-state index is 4.87. The Balaban J connectivity index is 1.45. The van der Waals surface area contributed by atoms with Gasteiger partial charge < -0.3 is 24.2 Å². The zero-order valence-electron chi connectivity index (χ0n) is 15.1. The summed E-state index contributed by atoms with van der Waals surface area (Å²) in [6.45, 7) is 5.37. The minimum absolute atomic E-state index is 0.848. The van der Waals surface area contributed by atoms with Crippen LogP contribution < -0.4 is 0 Å². The first-order valence-corrected chi connectivity index (χ1v) is 9.14. The van der Waals surface area contributed by atoms with Gasteiger partial charge >= 0.3 is 0 Å². The fourth-order valence-corrected chi connectivity index (χ4v) is 3.90. The summed E-state index contributed by atoms with van der Waals surface area (Å²) in [7, 11) is 2.18. The minimum Gasteiger partial charge on any atom is -0.353 e. The van der Waals surface area contributed by atoms with Gasteiger partial charge in [-0.3, -0.25) is 4.98 Å². The Morgan fingerprint density at radius 3 is 1.62 bits per heavy atom. The van der Waals surface area contributed by atoms with E-state index in [4.69, 9.17) is 4.98 Å². The Morgan fingerprint density at radius 1 is 0.654 bits per heavy atom. The van der Waals surface area contributed by atoms with E-state index in [9.17, 15) is 0 Å². The van der Waals surface area contributed by atoms with E-state index in [0.29, 0.717) is 0 Å². The molecule has 0 fully saturated rings. The van der Waals surface area contributed by atoms with Gasteiger partial charge in [-0.05, 0) is 24.3 Å². The molecule has 0 atom stereocenters. The van der Waals surface area contributed by atoms with Gasteiger partial charge in [-0.2, -0.15) is 0 Å². The lowest BCUT2D eigenvalue weighted by Gasteiger charge is -2.24. The van der Waals surface area contributed by atoms with Crippen LogP contribution in [0.2, 0.25) is 0 Å². The minimum atomic E-state index is 0.848. The molecule has 6 heteroatoms. The molecule has 2 aromatic rings. The van der Waals surface area contributed by atoms with Gasteiger partial charge in [0, 0.05) is 43.2 Å². The molecule has 0 aromatic carbocycles. The maximum absolute atomic E-state index is 4.87. The summed E-state index contributed by atoms with van der Waals surface area (Å²) in [6.07, 6.45) is 8.73. The highest BCUT2D eigenvalue weighted by Gasteiger charge is 2.19. The van der Waals surface area contributed by atoms with Crippen LogP contribution >= 0.6 is 0 Å². The van der Waals surface area contributed by atoms with Gasteiger partial charge in [0.15, 0.2) is 0 Å². The quantitative estimate of drug-likeness (QED) is 0.729. The van der Waals surface area contributed by atoms with E-state index >= 15 is 0 Å². The topological polar surface area (TPSA) is 30.8 Å². The van der Waals surface area contributed by atoms with Gasteiger partial charge in [0.1, 0.15) is 0 Å². The van der Waals surface area contributed by atoms with E-state index in [-0.39, 0.29) is 0 Å². The lowest BCUT2D eigenvalue weighted by molar-refractivity contribution is 0.240. The predicted molar refractivity (Wildman–Crippen MR) is 99.8 cm³/mol. The molecule has 0 amide bonds. The van der Waals surface area contributed by atoms with Crippen molar-refractivity contribution in [1.82, 2.24) is 29.2 Å². The Bertz CT molecular complexity index is 802. The van der Waals surface area contributed by atoms with Crippen LogP contribution in [-0.4, -0.2) is 42.5 Å². The molecular weight excluding hydrogens is 324 g/mol. The molecule has 2 aromatic heterocycles. The predicted octanol–water partition coefficient (Wildman–Crippen LogP) is 2.23. The number of pyridine rings is 1. The summed E-state index contributed by atoms with van der Waals surface area (Å²) in [5, 5.41) is 0. The van der Waals surface area contributed by atoms with Gasteiger partial charge in [-0.1, -0.05) is 6.07 Å².